The van der Waals surface area contributed by atoms with Crippen LogP contribution in [0.1, 0.15) is 30.1 Å². The van der Waals surface area contributed by atoms with Crippen molar-refractivity contribution in [1.82, 2.24) is 15.8 Å². The third kappa shape index (κ3) is 2.90. The Balaban J connectivity index is 1.87. The molecule has 1 unspecified atom stereocenters. The van der Waals surface area contributed by atoms with Crippen LogP contribution in [0.5, 0.6) is 0 Å². The Morgan fingerprint density at radius 3 is 2.76 bits per heavy atom. The van der Waals surface area contributed by atoms with Crippen LogP contribution < -0.4 is 10.9 Å². The Kier molecular flexibility index (Phi) is 4.15. The predicted octanol–water partition coefficient (Wildman–Crippen LogP) is 2.29. The van der Waals surface area contributed by atoms with Crippen molar-refractivity contribution in [3.8, 4) is 0 Å². The number of hydrazine groups is 1. The molecule has 0 amide bonds. The van der Waals surface area contributed by atoms with Gasteiger partial charge in [-0.25, -0.2) is 5.43 Å². The summed E-state index contributed by atoms with van der Waals surface area (Å²) in [4.78, 5) is 4.68. The maximum absolute atomic E-state index is 5.61. The average molecular weight is 285 g/mol. The van der Waals surface area contributed by atoms with Gasteiger partial charge in [0.2, 0.25) is 6.29 Å². The molecule has 5 nitrogen and oxygen atoms in total. The molecule has 2 saturated heterocycles. The molecular formula is C16H19N3O2. The van der Waals surface area contributed by atoms with E-state index in [1.54, 1.807) is 6.08 Å². The monoisotopic (exact) mass is 285 g/mol. The molecule has 2 N–H and O–H groups in total. The Morgan fingerprint density at radius 1 is 1.24 bits per heavy atom. The molecular weight excluding hydrogens is 266 g/mol. The fourth-order valence-corrected chi connectivity index (χ4v) is 2.46. The van der Waals surface area contributed by atoms with E-state index in [-0.39, 0.29) is 12.3 Å². The lowest BCUT2D eigenvalue weighted by molar-refractivity contribution is -0.185. The standard InChI is InChI=1S/C16H19N3O2/c1-3-6-12-11(2)18-19-15(12)13-7-4-8-14(17-13)16-20-9-5-10-21-16/h3-4,6-8,15-16,18-19H,1-2,5,9-10H2/b12-6+. The van der Waals surface area contributed by atoms with Gasteiger partial charge in [0.15, 0.2) is 0 Å². The molecule has 0 spiro atoms. The molecule has 2 aliphatic heterocycles. The number of nitrogens with one attached hydrogen (secondary N) is 2. The zero-order valence-corrected chi connectivity index (χ0v) is 11.8. The van der Waals surface area contributed by atoms with Crippen LogP contribution >= 0.6 is 0 Å². The molecule has 3 rings (SSSR count). The topological polar surface area (TPSA) is 55.4 Å². The van der Waals surface area contributed by atoms with E-state index < -0.39 is 0 Å². The molecule has 1 aromatic rings. The molecule has 1 aromatic heterocycles. The first-order chi connectivity index (χ1) is 10.3. The number of ether oxygens (including phenoxy) is 2. The van der Waals surface area contributed by atoms with Crippen LogP contribution in [-0.2, 0) is 9.47 Å². The van der Waals surface area contributed by atoms with Gasteiger partial charge in [0.05, 0.1) is 30.6 Å². The molecule has 110 valence electrons. The number of pyridine rings is 1. The number of hydrogen-bond donors (Lipinski definition) is 2. The minimum atomic E-state index is -0.372. The van der Waals surface area contributed by atoms with Crippen molar-refractivity contribution in [1.29, 1.82) is 0 Å². The second-order valence-electron chi connectivity index (χ2n) is 4.95. The van der Waals surface area contributed by atoms with Crippen molar-refractivity contribution in [3.05, 3.63) is 66.2 Å². The Bertz CT molecular complexity index is 577. The predicted molar refractivity (Wildman–Crippen MR) is 79.9 cm³/mol. The van der Waals surface area contributed by atoms with Crippen molar-refractivity contribution in [3.63, 3.8) is 0 Å². The van der Waals surface area contributed by atoms with E-state index in [0.29, 0.717) is 13.2 Å². The second kappa shape index (κ2) is 6.22. The third-order valence-electron chi connectivity index (χ3n) is 3.48. The molecule has 0 bridgehead atoms. The summed E-state index contributed by atoms with van der Waals surface area (Å²) >= 11 is 0. The van der Waals surface area contributed by atoms with Gasteiger partial charge in [-0.05, 0) is 18.6 Å². The highest BCUT2D eigenvalue weighted by Crippen LogP contribution is 2.30. The van der Waals surface area contributed by atoms with Crippen LogP contribution in [0.25, 0.3) is 0 Å². The summed E-state index contributed by atoms with van der Waals surface area (Å²) in [5, 5.41) is 0. The van der Waals surface area contributed by atoms with E-state index in [2.05, 4.69) is 29.0 Å². The molecule has 21 heavy (non-hydrogen) atoms. The molecule has 3 heterocycles. The smallest absolute Gasteiger partial charge is 0.201 e. The van der Waals surface area contributed by atoms with Gasteiger partial charge in [-0.3, -0.25) is 4.98 Å². The maximum atomic E-state index is 5.61. The van der Waals surface area contributed by atoms with Gasteiger partial charge in [-0.1, -0.05) is 31.4 Å². The highest BCUT2D eigenvalue weighted by molar-refractivity contribution is 5.41. The molecule has 0 radical (unpaired) electrons. The van der Waals surface area contributed by atoms with E-state index in [0.717, 1.165) is 29.1 Å². The van der Waals surface area contributed by atoms with Gasteiger partial charge >= 0.3 is 0 Å². The normalized spacial score (nSPS) is 25.0. The Labute approximate surface area is 124 Å². The summed E-state index contributed by atoms with van der Waals surface area (Å²) in [5.74, 6) is 0. The number of allylic oxidation sites excluding steroid dienone is 2. The van der Waals surface area contributed by atoms with Crippen LogP contribution in [0, 0.1) is 0 Å². The van der Waals surface area contributed by atoms with Gasteiger partial charge in [-0.2, -0.15) is 0 Å². The molecule has 1 atom stereocenters. The lowest BCUT2D eigenvalue weighted by Crippen LogP contribution is -2.25. The third-order valence-corrected chi connectivity index (χ3v) is 3.48. The zero-order chi connectivity index (χ0) is 14.7. The molecule has 5 heteroatoms. The molecule has 0 aromatic carbocycles. The first kappa shape index (κ1) is 14.0. The zero-order valence-electron chi connectivity index (χ0n) is 11.8. The number of hydrogen-bond acceptors (Lipinski definition) is 5. The average Bonchev–Trinajstić information content (AvgIpc) is 2.90. The van der Waals surface area contributed by atoms with Gasteiger partial charge in [0.1, 0.15) is 0 Å². The Hall–Kier alpha value is -1.95. The van der Waals surface area contributed by atoms with Crippen molar-refractivity contribution >= 4 is 0 Å². The second-order valence-corrected chi connectivity index (χ2v) is 4.95. The van der Waals surface area contributed by atoms with E-state index in [1.165, 1.54) is 0 Å². The highest BCUT2D eigenvalue weighted by Gasteiger charge is 2.27. The lowest BCUT2D eigenvalue weighted by Gasteiger charge is -2.23. The summed E-state index contributed by atoms with van der Waals surface area (Å²) < 4.78 is 11.2. The van der Waals surface area contributed by atoms with Gasteiger partial charge in [0.25, 0.3) is 0 Å². The van der Waals surface area contributed by atoms with Crippen molar-refractivity contribution in [2.75, 3.05) is 13.2 Å². The highest BCUT2D eigenvalue weighted by atomic mass is 16.7. The quantitative estimate of drug-likeness (QED) is 0.892. The summed E-state index contributed by atoms with van der Waals surface area (Å²) in [7, 11) is 0. The van der Waals surface area contributed by atoms with Crippen LogP contribution in [-0.4, -0.2) is 18.2 Å². The Morgan fingerprint density at radius 2 is 2.00 bits per heavy atom. The number of aromatic nitrogens is 1. The molecule has 2 aliphatic rings. The van der Waals surface area contributed by atoms with Crippen LogP contribution in [0.2, 0.25) is 0 Å². The number of rotatable bonds is 3. The van der Waals surface area contributed by atoms with Gasteiger partial charge in [0, 0.05) is 11.3 Å². The van der Waals surface area contributed by atoms with Gasteiger partial charge in [-0.15, -0.1) is 0 Å². The molecule has 0 saturated carbocycles. The minimum absolute atomic E-state index is 0.0564. The van der Waals surface area contributed by atoms with E-state index >= 15 is 0 Å². The number of nitrogens with zero attached hydrogens (tertiary/aromatic N) is 1. The van der Waals surface area contributed by atoms with Crippen molar-refractivity contribution < 1.29 is 9.47 Å². The summed E-state index contributed by atoms with van der Waals surface area (Å²) in [6.07, 6.45) is 4.24. The summed E-state index contributed by atoms with van der Waals surface area (Å²) in [6.45, 7) is 9.13. The minimum Gasteiger partial charge on any atom is -0.347 e. The molecule has 0 aliphatic carbocycles. The van der Waals surface area contributed by atoms with Crippen molar-refractivity contribution in [2.45, 2.75) is 18.8 Å². The summed E-state index contributed by atoms with van der Waals surface area (Å²) in [6, 6.07) is 5.81. The van der Waals surface area contributed by atoms with E-state index in [1.807, 2.05) is 24.3 Å². The van der Waals surface area contributed by atoms with Crippen LogP contribution in [0.4, 0.5) is 0 Å². The first-order valence-corrected chi connectivity index (χ1v) is 7.03. The fourth-order valence-electron chi connectivity index (χ4n) is 2.46. The van der Waals surface area contributed by atoms with E-state index in [4.69, 9.17) is 9.47 Å². The lowest BCUT2D eigenvalue weighted by atomic mass is 10.0. The van der Waals surface area contributed by atoms with Crippen molar-refractivity contribution in [2.24, 2.45) is 0 Å². The largest absolute Gasteiger partial charge is 0.347 e. The first-order valence-electron chi connectivity index (χ1n) is 7.03. The van der Waals surface area contributed by atoms with E-state index in [9.17, 15) is 0 Å². The van der Waals surface area contributed by atoms with Crippen LogP contribution in [0.3, 0.4) is 0 Å². The SMILES string of the molecule is C=C/C=C1\C(=C)NNC1c1cccc(C2OCCCO2)n1. The van der Waals surface area contributed by atoms with Crippen LogP contribution in [0.15, 0.2) is 54.8 Å². The molecule has 2 fully saturated rings. The van der Waals surface area contributed by atoms with Gasteiger partial charge < -0.3 is 14.9 Å². The fraction of sp³-hybridized carbons (Fsp3) is 0.312. The maximum Gasteiger partial charge on any atom is 0.201 e. The summed E-state index contributed by atoms with van der Waals surface area (Å²) in [5.41, 5.74) is 9.76.